The van der Waals surface area contributed by atoms with Gasteiger partial charge in [-0.25, -0.2) is 0 Å². The lowest BCUT2D eigenvalue weighted by atomic mass is 9.75. The molecule has 4 aromatic carbocycles. The summed E-state index contributed by atoms with van der Waals surface area (Å²) >= 11 is 0. The van der Waals surface area contributed by atoms with Gasteiger partial charge in [-0.05, 0) is 162 Å². The Bertz CT molecular complexity index is 2210. The maximum Gasteiger partial charge on any atom is 0.258 e. The van der Waals surface area contributed by atoms with Crippen molar-refractivity contribution in [3.63, 3.8) is 0 Å². The van der Waals surface area contributed by atoms with Gasteiger partial charge in [-0.3, -0.25) is 24.2 Å². The predicted molar refractivity (Wildman–Crippen MR) is 220 cm³/mol. The van der Waals surface area contributed by atoms with Crippen LogP contribution in [0, 0.1) is 41.5 Å². The van der Waals surface area contributed by atoms with E-state index in [0.29, 0.717) is 12.2 Å². The van der Waals surface area contributed by atoms with Crippen LogP contribution in [0.4, 0.5) is 22.7 Å². The highest BCUT2D eigenvalue weighted by molar-refractivity contribution is 6.12. The smallest absolute Gasteiger partial charge is 0.258 e. The van der Waals surface area contributed by atoms with Crippen LogP contribution in [0.5, 0.6) is 0 Å². The molecule has 54 heavy (non-hydrogen) atoms. The number of aryl methyl sites for hydroxylation is 6. The molecule has 0 bridgehead atoms. The highest BCUT2D eigenvalue weighted by Crippen LogP contribution is 2.52. The SMILES string of the molecule is C=C1N(c2ccc(C)c(C)c2)C(=O)C2(CCC2)N1c1ccc(C(=O)CC)c(C)c1.C=C1N(c2ccc(C)c(C)c2)C(=O)C2(CCC2)N1c1ccc(C)cc1. The first-order valence-corrected chi connectivity index (χ1v) is 19.3. The van der Waals surface area contributed by atoms with E-state index in [-0.39, 0.29) is 17.6 Å². The van der Waals surface area contributed by atoms with Gasteiger partial charge in [0.25, 0.3) is 11.8 Å². The highest BCUT2D eigenvalue weighted by Gasteiger charge is 2.60. The zero-order chi connectivity index (χ0) is 38.7. The predicted octanol–water partition coefficient (Wildman–Crippen LogP) is 10.3. The van der Waals surface area contributed by atoms with Crippen LogP contribution in [0.2, 0.25) is 0 Å². The monoisotopic (exact) mass is 720 g/mol. The Balaban J connectivity index is 0.000000168. The number of rotatable bonds is 6. The zero-order valence-corrected chi connectivity index (χ0v) is 32.9. The van der Waals surface area contributed by atoms with Gasteiger partial charge < -0.3 is 9.80 Å². The zero-order valence-electron chi connectivity index (χ0n) is 32.9. The summed E-state index contributed by atoms with van der Waals surface area (Å²) in [5.74, 6) is 1.85. The number of benzene rings is 4. The van der Waals surface area contributed by atoms with Crippen LogP contribution in [0.1, 0.15) is 95.6 Å². The lowest BCUT2D eigenvalue weighted by Gasteiger charge is -2.43. The van der Waals surface area contributed by atoms with Gasteiger partial charge in [0.15, 0.2) is 5.78 Å². The normalized spacial score (nSPS) is 18.3. The number of nitrogens with zero attached hydrogens (tertiary/aromatic N) is 4. The molecule has 2 aliphatic heterocycles. The minimum Gasteiger partial charge on any atom is -0.313 e. The first-order chi connectivity index (χ1) is 25.7. The number of hydrogen-bond acceptors (Lipinski definition) is 5. The molecule has 0 N–H and O–H groups in total. The molecule has 8 rings (SSSR count). The fourth-order valence-corrected chi connectivity index (χ4v) is 8.47. The van der Waals surface area contributed by atoms with Crippen LogP contribution in [0.15, 0.2) is 104 Å². The maximum absolute atomic E-state index is 13.6. The molecule has 2 saturated heterocycles. The van der Waals surface area contributed by atoms with Crippen molar-refractivity contribution < 1.29 is 14.4 Å². The maximum atomic E-state index is 13.6. The molecule has 2 heterocycles. The standard InChI is InChI=1S/C25H28N2O2.C22H24N2O/c1-6-23(28)22-11-10-21(15-18(22)4)27-19(5)26(24(29)25(27)12-7-13-25)20-9-8-16(2)17(3)14-20;1-15-6-9-19(10-7-15)24-18(4)23(21(25)22(24)12-5-13-22)20-11-8-16(2)17(3)14-20/h8-11,14-15H,5-7,12-13H2,1-4H3;6-11,14H,4-5,12-13H2,1-3H3. The van der Waals surface area contributed by atoms with Gasteiger partial charge in [0.05, 0.1) is 11.4 Å². The Morgan fingerprint density at radius 3 is 1.35 bits per heavy atom. The number of carbonyl (C=O) groups is 3. The quantitative estimate of drug-likeness (QED) is 0.186. The Hall–Kier alpha value is -5.43. The van der Waals surface area contributed by atoms with Gasteiger partial charge in [-0.15, -0.1) is 0 Å². The molecule has 4 fully saturated rings. The van der Waals surface area contributed by atoms with Crippen molar-refractivity contribution in [3.05, 3.63) is 143 Å². The molecule has 2 spiro atoms. The van der Waals surface area contributed by atoms with E-state index in [1.165, 1.54) is 22.3 Å². The van der Waals surface area contributed by atoms with Crippen LogP contribution < -0.4 is 19.6 Å². The molecule has 0 atom stereocenters. The number of hydrogen-bond donors (Lipinski definition) is 0. The summed E-state index contributed by atoms with van der Waals surface area (Å²) in [5.41, 5.74) is 10.4. The highest BCUT2D eigenvalue weighted by atomic mass is 16.2. The van der Waals surface area contributed by atoms with E-state index in [9.17, 15) is 14.4 Å². The summed E-state index contributed by atoms with van der Waals surface area (Å²) in [5, 5.41) is 0. The Morgan fingerprint density at radius 1 is 0.556 bits per heavy atom. The summed E-state index contributed by atoms with van der Waals surface area (Å²) in [6, 6.07) is 26.5. The third-order valence-electron chi connectivity index (χ3n) is 12.3. The van der Waals surface area contributed by atoms with Crippen LogP contribution in [-0.4, -0.2) is 28.7 Å². The second kappa shape index (κ2) is 13.8. The largest absolute Gasteiger partial charge is 0.313 e. The minimum atomic E-state index is -0.557. The summed E-state index contributed by atoms with van der Waals surface area (Å²) < 4.78 is 0. The molecule has 7 nitrogen and oxygen atoms in total. The average Bonchev–Trinajstić information content (AvgIpc) is 3.50. The summed E-state index contributed by atoms with van der Waals surface area (Å²) in [7, 11) is 0. The van der Waals surface area contributed by atoms with Crippen LogP contribution in [0.25, 0.3) is 0 Å². The topological polar surface area (TPSA) is 64.2 Å². The number of Topliss-reactive ketones (excluding diaryl/α,β-unsaturated/α-hetero) is 1. The molecule has 0 radical (unpaired) electrons. The van der Waals surface area contributed by atoms with Crippen molar-refractivity contribution >= 4 is 40.3 Å². The molecule has 4 aromatic rings. The van der Waals surface area contributed by atoms with Crippen molar-refractivity contribution in [2.75, 3.05) is 19.6 Å². The molecular formula is C47H52N4O3. The number of carbonyl (C=O) groups excluding carboxylic acids is 3. The second-order valence-corrected chi connectivity index (χ2v) is 15.7. The average molecular weight is 721 g/mol. The molecule has 2 amide bonds. The van der Waals surface area contributed by atoms with Gasteiger partial charge >= 0.3 is 0 Å². The summed E-state index contributed by atoms with van der Waals surface area (Å²) in [6.07, 6.45) is 6.02. The van der Waals surface area contributed by atoms with E-state index in [0.717, 1.165) is 83.8 Å². The van der Waals surface area contributed by atoms with E-state index in [1.54, 1.807) is 4.90 Å². The fourth-order valence-electron chi connectivity index (χ4n) is 8.47. The number of ketones is 1. The fraction of sp³-hybridized carbons (Fsp3) is 0.340. The van der Waals surface area contributed by atoms with E-state index < -0.39 is 11.1 Å². The van der Waals surface area contributed by atoms with Gasteiger partial charge in [-0.2, -0.15) is 0 Å². The third kappa shape index (κ3) is 5.76. The van der Waals surface area contributed by atoms with Gasteiger partial charge in [0.1, 0.15) is 22.7 Å². The number of anilines is 4. The molecule has 0 unspecified atom stereocenters. The van der Waals surface area contributed by atoms with Crippen LogP contribution in [0.3, 0.4) is 0 Å². The van der Waals surface area contributed by atoms with Crippen molar-refractivity contribution in [2.24, 2.45) is 0 Å². The molecular weight excluding hydrogens is 669 g/mol. The van der Waals surface area contributed by atoms with Crippen molar-refractivity contribution in [3.8, 4) is 0 Å². The van der Waals surface area contributed by atoms with E-state index in [1.807, 2.05) is 49.1 Å². The summed E-state index contributed by atoms with van der Waals surface area (Å²) in [6.45, 7) is 22.8. The number of amides is 2. The molecule has 2 aliphatic carbocycles. The first-order valence-electron chi connectivity index (χ1n) is 19.3. The first kappa shape index (κ1) is 36.9. The van der Waals surface area contributed by atoms with Crippen molar-refractivity contribution in [1.82, 2.24) is 0 Å². The van der Waals surface area contributed by atoms with E-state index in [4.69, 9.17) is 0 Å². The second-order valence-electron chi connectivity index (χ2n) is 15.7. The van der Waals surface area contributed by atoms with E-state index >= 15 is 0 Å². The lowest BCUT2D eigenvalue weighted by Crippen LogP contribution is -2.54. The summed E-state index contributed by atoms with van der Waals surface area (Å²) in [4.78, 5) is 47.0. The van der Waals surface area contributed by atoms with Crippen molar-refractivity contribution in [1.29, 1.82) is 0 Å². The van der Waals surface area contributed by atoms with Gasteiger partial charge in [0.2, 0.25) is 0 Å². The van der Waals surface area contributed by atoms with Crippen LogP contribution >= 0.6 is 0 Å². The molecule has 7 heteroatoms. The third-order valence-corrected chi connectivity index (χ3v) is 12.3. The van der Waals surface area contributed by atoms with Crippen LogP contribution in [-0.2, 0) is 9.59 Å². The lowest BCUT2D eigenvalue weighted by molar-refractivity contribution is -0.124. The Kier molecular flexibility index (Phi) is 9.41. The Labute approximate surface area is 320 Å². The minimum absolute atomic E-state index is 0.100. The van der Waals surface area contributed by atoms with Crippen molar-refractivity contribution in [2.45, 2.75) is 104 Å². The molecule has 278 valence electrons. The Morgan fingerprint density at radius 2 is 0.963 bits per heavy atom. The van der Waals surface area contributed by atoms with Gasteiger partial charge in [0, 0.05) is 23.4 Å². The molecule has 0 aromatic heterocycles. The van der Waals surface area contributed by atoms with E-state index in [2.05, 4.69) is 106 Å². The molecule has 2 saturated carbocycles. The molecule has 4 aliphatic rings. The van der Waals surface area contributed by atoms with Gasteiger partial charge in [-0.1, -0.05) is 49.9 Å².